The highest BCUT2D eigenvalue weighted by Gasteiger charge is 2.30. The highest BCUT2D eigenvalue weighted by Crippen LogP contribution is 2.28. The third-order valence-corrected chi connectivity index (χ3v) is 4.23. The van der Waals surface area contributed by atoms with Gasteiger partial charge in [-0.05, 0) is 44.4 Å². The van der Waals surface area contributed by atoms with Gasteiger partial charge in [-0.15, -0.1) is 0 Å². The number of pyridine rings is 1. The molecule has 2 rings (SSSR count). The molecule has 1 amide bonds. The molecule has 0 aliphatic heterocycles. The van der Waals surface area contributed by atoms with Crippen LogP contribution in [0.15, 0.2) is 18.3 Å². The molecule has 2 unspecified atom stereocenters. The maximum absolute atomic E-state index is 12.6. The van der Waals surface area contributed by atoms with E-state index in [9.17, 15) is 4.79 Å². The van der Waals surface area contributed by atoms with Crippen molar-refractivity contribution in [3.63, 3.8) is 0 Å². The first kappa shape index (κ1) is 14.0. The molecular formula is C15H23N3O. The van der Waals surface area contributed by atoms with Gasteiger partial charge in [0.15, 0.2) is 0 Å². The Kier molecular flexibility index (Phi) is 4.53. The second-order valence-electron chi connectivity index (χ2n) is 5.40. The Labute approximate surface area is 115 Å². The first-order valence-corrected chi connectivity index (χ1v) is 7.04. The Morgan fingerprint density at radius 3 is 2.89 bits per heavy atom. The van der Waals surface area contributed by atoms with Gasteiger partial charge >= 0.3 is 0 Å². The Morgan fingerprint density at radius 2 is 2.21 bits per heavy atom. The summed E-state index contributed by atoms with van der Waals surface area (Å²) in [5.74, 6) is 0.496. The Hall–Kier alpha value is -1.42. The van der Waals surface area contributed by atoms with Crippen LogP contribution in [0.1, 0.15) is 41.7 Å². The van der Waals surface area contributed by atoms with Crippen LogP contribution >= 0.6 is 0 Å². The molecule has 0 saturated heterocycles. The van der Waals surface area contributed by atoms with E-state index < -0.39 is 0 Å². The Morgan fingerprint density at radius 1 is 1.47 bits per heavy atom. The van der Waals surface area contributed by atoms with E-state index in [2.05, 4.69) is 4.98 Å². The third-order valence-electron chi connectivity index (χ3n) is 4.23. The molecule has 2 N–H and O–H groups in total. The maximum Gasteiger partial charge on any atom is 0.255 e. The van der Waals surface area contributed by atoms with E-state index in [4.69, 9.17) is 5.73 Å². The van der Waals surface area contributed by atoms with Crippen molar-refractivity contribution in [1.29, 1.82) is 0 Å². The number of hydrogen-bond donors (Lipinski definition) is 1. The number of carbonyl (C=O) groups is 1. The number of carbonyl (C=O) groups excluding carboxylic acids is 1. The molecule has 4 heteroatoms. The second-order valence-corrected chi connectivity index (χ2v) is 5.40. The molecule has 0 radical (unpaired) electrons. The zero-order valence-electron chi connectivity index (χ0n) is 11.8. The van der Waals surface area contributed by atoms with Gasteiger partial charge in [-0.1, -0.05) is 12.8 Å². The minimum atomic E-state index is 0.0657. The van der Waals surface area contributed by atoms with Crippen LogP contribution in [0, 0.1) is 12.8 Å². The minimum Gasteiger partial charge on any atom is -0.338 e. The molecule has 1 aliphatic carbocycles. The summed E-state index contributed by atoms with van der Waals surface area (Å²) in [6.45, 7) is 2.54. The van der Waals surface area contributed by atoms with Crippen LogP contribution in [0.4, 0.5) is 0 Å². The number of nitrogens with two attached hydrogens (primary N) is 1. The van der Waals surface area contributed by atoms with Crippen molar-refractivity contribution in [3.8, 4) is 0 Å². The minimum absolute atomic E-state index is 0.0657. The first-order chi connectivity index (χ1) is 9.15. The van der Waals surface area contributed by atoms with Crippen LogP contribution in [0.25, 0.3) is 0 Å². The Balaban J connectivity index is 2.16. The normalized spacial score (nSPS) is 23.1. The summed E-state index contributed by atoms with van der Waals surface area (Å²) in [4.78, 5) is 18.6. The lowest BCUT2D eigenvalue weighted by Gasteiger charge is -2.37. The summed E-state index contributed by atoms with van der Waals surface area (Å²) in [7, 11) is 1.90. The van der Waals surface area contributed by atoms with E-state index >= 15 is 0 Å². The molecule has 1 aliphatic rings. The average molecular weight is 261 g/mol. The zero-order chi connectivity index (χ0) is 13.8. The van der Waals surface area contributed by atoms with Crippen molar-refractivity contribution < 1.29 is 4.79 Å². The predicted molar refractivity (Wildman–Crippen MR) is 75.9 cm³/mol. The average Bonchev–Trinajstić information content (AvgIpc) is 2.46. The SMILES string of the molecule is Cc1ncccc1C(=O)N(C)C1CCCCC1CN. The van der Waals surface area contributed by atoms with Gasteiger partial charge in [0.2, 0.25) is 0 Å². The van der Waals surface area contributed by atoms with Crippen molar-refractivity contribution in [2.45, 2.75) is 38.6 Å². The molecule has 0 bridgehead atoms. The van der Waals surface area contributed by atoms with E-state index in [0.717, 1.165) is 18.5 Å². The van der Waals surface area contributed by atoms with Crippen LogP contribution in [0.2, 0.25) is 0 Å². The van der Waals surface area contributed by atoms with Crippen LogP contribution in [0.3, 0.4) is 0 Å². The number of aromatic nitrogens is 1. The molecule has 2 atom stereocenters. The van der Waals surface area contributed by atoms with Crippen LogP contribution < -0.4 is 5.73 Å². The largest absolute Gasteiger partial charge is 0.338 e. The van der Waals surface area contributed by atoms with Crippen LogP contribution in [0.5, 0.6) is 0 Å². The smallest absolute Gasteiger partial charge is 0.255 e. The fourth-order valence-electron chi connectivity index (χ4n) is 3.02. The summed E-state index contributed by atoms with van der Waals surface area (Å²) in [5, 5.41) is 0. The summed E-state index contributed by atoms with van der Waals surface area (Å²) < 4.78 is 0. The molecule has 0 spiro atoms. The standard InChI is InChI=1S/C15H23N3O/c1-11-13(7-5-9-17-11)15(19)18(2)14-8-4-3-6-12(14)10-16/h5,7,9,12,14H,3-4,6,8,10,16H2,1-2H3. The monoisotopic (exact) mass is 261 g/mol. The summed E-state index contributed by atoms with van der Waals surface area (Å²) >= 11 is 0. The topological polar surface area (TPSA) is 59.2 Å². The van der Waals surface area contributed by atoms with E-state index in [0.29, 0.717) is 18.0 Å². The van der Waals surface area contributed by atoms with Crippen molar-refractivity contribution in [2.24, 2.45) is 11.7 Å². The lowest BCUT2D eigenvalue weighted by atomic mass is 9.83. The van der Waals surface area contributed by atoms with Crippen molar-refractivity contribution >= 4 is 5.91 Å². The van der Waals surface area contributed by atoms with E-state index in [1.165, 1.54) is 12.8 Å². The molecule has 104 valence electrons. The maximum atomic E-state index is 12.6. The van der Waals surface area contributed by atoms with Gasteiger partial charge in [0.05, 0.1) is 5.56 Å². The molecule has 1 aromatic rings. The fourth-order valence-corrected chi connectivity index (χ4v) is 3.02. The second kappa shape index (κ2) is 6.15. The molecule has 1 fully saturated rings. The number of rotatable bonds is 3. The lowest BCUT2D eigenvalue weighted by molar-refractivity contribution is 0.0619. The fraction of sp³-hybridized carbons (Fsp3) is 0.600. The van der Waals surface area contributed by atoms with Gasteiger partial charge in [0.1, 0.15) is 0 Å². The van der Waals surface area contributed by atoms with Crippen molar-refractivity contribution in [3.05, 3.63) is 29.6 Å². The summed E-state index contributed by atoms with van der Waals surface area (Å²) in [6.07, 6.45) is 6.32. The molecule has 0 aromatic carbocycles. The molecule has 1 saturated carbocycles. The quantitative estimate of drug-likeness (QED) is 0.905. The van der Waals surface area contributed by atoms with E-state index in [1.54, 1.807) is 6.20 Å². The predicted octanol–water partition coefficient (Wildman–Crippen LogP) is 1.98. The van der Waals surface area contributed by atoms with Gasteiger partial charge in [-0.3, -0.25) is 9.78 Å². The lowest BCUT2D eigenvalue weighted by Crippen LogP contribution is -2.46. The van der Waals surface area contributed by atoms with Gasteiger partial charge in [0.25, 0.3) is 5.91 Å². The molecule has 1 aromatic heterocycles. The molecule has 4 nitrogen and oxygen atoms in total. The molecule has 19 heavy (non-hydrogen) atoms. The van der Waals surface area contributed by atoms with Crippen molar-refractivity contribution in [2.75, 3.05) is 13.6 Å². The Bertz CT molecular complexity index is 447. The number of aryl methyl sites for hydroxylation is 1. The van der Waals surface area contributed by atoms with Gasteiger partial charge in [-0.2, -0.15) is 0 Å². The summed E-state index contributed by atoms with van der Waals surface area (Å²) in [5.41, 5.74) is 7.34. The van der Waals surface area contributed by atoms with Crippen LogP contribution in [-0.2, 0) is 0 Å². The highest BCUT2D eigenvalue weighted by molar-refractivity contribution is 5.95. The number of nitrogens with zero attached hydrogens (tertiary/aromatic N) is 2. The van der Waals surface area contributed by atoms with Crippen molar-refractivity contribution in [1.82, 2.24) is 9.88 Å². The molecule has 1 heterocycles. The first-order valence-electron chi connectivity index (χ1n) is 7.04. The van der Waals surface area contributed by atoms with Gasteiger partial charge < -0.3 is 10.6 Å². The van der Waals surface area contributed by atoms with E-state index in [1.807, 2.05) is 31.0 Å². The van der Waals surface area contributed by atoms with E-state index in [-0.39, 0.29) is 11.9 Å². The van der Waals surface area contributed by atoms with Gasteiger partial charge in [-0.25, -0.2) is 0 Å². The molecular weight excluding hydrogens is 238 g/mol. The number of amides is 1. The number of hydrogen-bond acceptors (Lipinski definition) is 3. The zero-order valence-corrected chi connectivity index (χ0v) is 11.8. The highest BCUT2D eigenvalue weighted by atomic mass is 16.2. The van der Waals surface area contributed by atoms with Crippen LogP contribution in [-0.4, -0.2) is 35.4 Å². The van der Waals surface area contributed by atoms with Gasteiger partial charge in [0, 0.05) is 25.0 Å². The third kappa shape index (κ3) is 2.95. The summed E-state index contributed by atoms with van der Waals surface area (Å²) in [6, 6.07) is 3.93.